The number of benzene rings is 2. The maximum absolute atomic E-state index is 13.1. The summed E-state index contributed by atoms with van der Waals surface area (Å²) in [5.41, 5.74) is 4.91. The van der Waals surface area contributed by atoms with Crippen molar-refractivity contribution in [1.29, 1.82) is 0 Å². The Morgan fingerprint density at radius 2 is 1.56 bits per heavy atom. The molecular weight excluding hydrogens is 310 g/mol. The van der Waals surface area contributed by atoms with Gasteiger partial charge in [-0.25, -0.2) is 0 Å². The highest BCUT2D eigenvalue weighted by atomic mass is 16.1. The first-order valence-electron chi connectivity index (χ1n) is 8.30. The Kier molecular flexibility index (Phi) is 3.53. The lowest BCUT2D eigenvalue weighted by Crippen LogP contribution is -2.20. The number of rotatable bonds is 2. The predicted octanol–water partition coefficient (Wildman–Crippen LogP) is 4.10. The number of para-hydroxylation sites is 1. The van der Waals surface area contributed by atoms with E-state index in [-0.39, 0.29) is 5.56 Å². The summed E-state index contributed by atoms with van der Waals surface area (Å²) in [6.45, 7) is 6.10. The summed E-state index contributed by atoms with van der Waals surface area (Å²) in [4.78, 5) is 13.1. The number of fused-ring (bicyclic) bond motifs is 1. The lowest BCUT2D eigenvalue weighted by Gasteiger charge is -2.09. The van der Waals surface area contributed by atoms with Crippen LogP contribution in [-0.2, 0) is 0 Å². The standard InChI is InChI=1S/C21H19N3O/c1-14-8-7-11-18(12-14)23-15(2)19-13-22-24(17-9-5-4-6-10-17)21(25)20(19)16(23)3/h4-13H,1-3H3. The highest BCUT2D eigenvalue weighted by Crippen LogP contribution is 2.26. The van der Waals surface area contributed by atoms with Gasteiger partial charge in [-0.2, -0.15) is 9.78 Å². The maximum Gasteiger partial charge on any atom is 0.281 e. The van der Waals surface area contributed by atoms with E-state index in [0.717, 1.165) is 33.5 Å². The Labute approximate surface area is 146 Å². The third-order valence-electron chi connectivity index (χ3n) is 4.66. The second-order valence-electron chi connectivity index (χ2n) is 6.33. The van der Waals surface area contributed by atoms with E-state index in [9.17, 15) is 4.79 Å². The van der Waals surface area contributed by atoms with Gasteiger partial charge in [0.25, 0.3) is 5.56 Å². The molecule has 0 atom stereocenters. The van der Waals surface area contributed by atoms with Gasteiger partial charge in [-0.3, -0.25) is 4.79 Å². The summed E-state index contributed by atoms with van der Waals surface area (Å²) in [6.07, 6.45) is 1.79. The van der Waals surface area contributed by atoms with Crippen LogP contribution in [0.4, 0.5) is 0 Å². The minimum absolute atomic E-state index is 0.0873. The van der Waals surface area contributed by atoms with Crippen LogP contribution in [0.1, 0.15) is 17.0 Å². The van der Waals surface area contributed by atoms with Gasteiger partial charge in [0.05, 0.1) is 17.3 Å². The van der Waals surface area contributed by atoms with Gasteiger partial charge >= 0.3 is 0 Å². The quantitative estimate of drug-likeness (QED) is 0.555. The molecule has 4 nitrogen and oxygen atoms in total. The summed E-state index contributed by atoms with van der Waals surface area (Å²) in [7, 11) is 0. The third-order valence-corrected chi connectivity index (χ3v) is 4.66. The van der Waals surface area contributed by atoms with Gasteiger partial charge in [0.15, 0.2) is 0 Å². The van der Waals surface area contributed by atoms with Crippen molar-refractivity contribution in [3.63, 3.8) is 0 Å². The number of nitrogens with zero attached hydrogens (tertiary/aromatic N) is 3. The van der Waals surface area contributed by atoms with Gasteiger partial charge in [-0.05, 0) is 50.6 Å². The Bertz CT molecular complexity index is 1140. The Hall–Kier alpha value is -3.14. The molecule has 0 bridgehead atoms. The summed E-state index contributed by atoms with van der Waals surface area (Å²) in [6, 6.07) is 17.8. The van der Waals surface area contributed by atoms with E-state index in [1.165, 1.54) is 10.2 Å². The average Bonchev–Trinajstić information content (AvgIpc) is 2.87. The van der Waals surface area contributed by atoms with Crippen LogP contribution in [0, 0.1) is 20.8 Å². The number of hydrogen-bond acceptors (Lipinski definition) is 2. The smallest absolute Gasteiger partial charge is 0.281 e. The van der Waals surface area contributed by atoms with Crippen LogP contribution in [0.5, 0.6) is 0 Å². The van der Waals surface area contributed by atoms with Crippen LogP contribution in [0.3, 0.4) is 0 Å². The van der Waals surface area contributed by atoms with E-state index in [1.807, 2.05) is 50.2 Å². The van der Waals surface area contributed by atoms with Crippen molar-refractivity contribution in [3.8, 4) is 11.4 Å². The summed E-state index contributed by atoms with van der Waals surface area (Å²) in [5.74, 6) is 0. The Balaban J connectivity index is 2.03. The fraction of sp³-hybridized carbons (Fsp3) is 0.143. The largest absolute Gasteiger partial charge is 0.317 e. The van der Waals surface area contributed by atoms with Gasteiger partial charge in [0.2, 0.25) is 0 Å². The second kappa shape index (κ2) is 5.74. The minimum Gasteiger partial charge on any atom is -0.317 e. The molecule has 0 saturated carbocycles. The van der Waals surface area contributed by atoms with E-state index in [2.05, 4.69) is 34.8 Å². The van der Waals surface area contributed by atoms with Crippen LogP contribution >= 0.6 is 0 Å². The molecule has 4 aromatic rings. The zero-order valence-corrected chi connectivity index (χ0v) is 14.5. The molecule has 0 radical (unpaired) electrons. The van der Waals surface area contributed by atoms with Gasteiger partial charge in [0.1, 0.15) is 0 Å². The molecule has 124 valence electrons. The molecule has 4 heteroatoms. The highest BCUT2D eigenvalue weighted by Gasteiger charge is 2.17. The third kappa shape index (κ3) is 2.38. The molecule has 0 N–H and O–H groups in total. The summed E-state index contributed by atoms with van der Waals surface area (Å²) in [5, 5.41) is 6.01. The van der Waals surface area contributed by atoms with E-state index in [0.29, 0.717) is 0 Å². The molecular formula is C21H19N3O. The van der Waals surface area contributed by atoms with Crippen molar-refractivity contribution in [2.24, 2.45) is 0 Å². The van der Waals surface area contributed by atoms with Crippen LogP contribution < -0.4 is 5.56 Å². The predicted molar refractivity (Wildman–Crippen MR) is 101 cm³/mol. The zero-order chi connectivity index (χ0) is 17.6. The molecule has 2 aromatic carbocycles. The molecule has 25 heavy (non-hydrogen) atoms. The molecule has 4 rings (SSSR count). The first-order valence-corrected chi connectivity index (χ1v) is 8.30. The average molecular weight is 329 g/mol. The van der Waals surface area contributed by atoms with Crippen LogP contribution in [-0.4, -0.2) is 14.3 Å². The van der Waals surface area contributed by atoms with Crippen molar-refractivity contribution >= 4 is 10.8 Å². The van der Waals surface area contributed by atoms with E-state index in [1.54, 1.807) is 6.20 Å². The fourth-order valence-corrected chi connectivity index (χ4v) is 3.47. The molecule has 2 heterocycles. The molecule has 0 unspecified atom stereocenters. The number of hydrogen-bond donors (Lipinski definition) is 0. The van der Waals surface area contributed by atoms with E-state index in [4.69, 9.17) is 0 Å². The lowest BCUT2D eigenvalue weighted by atomic mass is 10.2. The van der Waals surface area contributed by atoms with Crippen LogP contribution in [0.2, 0.25) is 0 Å². The Morgan fingerprint density at radius 3 is 2.28 bits per heavy atom. The van der Waals surface area contributed by atoms with Crippen molar-refractivity contribution in [2.45, 2.75) is 20.8 Å². The first-order chi connectivity index (χ1) is 12.1. The molecule has 0 amide bonds. The van der Waals surface area contributed by atoms with Crippen molar-refractivity contribution in [1.82, 2.24) is 14.3 Å². The van der Waals surface area contributed by atoms with Crippen molar-refractivity contribution in [2.75, 3.05) is 0 Å². The van der Waals surface area contributed by atoms with Crippen molar-refractivity contribution in [3.05, 3.63) is 88.1 Å². The molecule has 0 aliphatic carbocycles. The SMILES string of the molecule is Cc1cccc(-n2c(C)c3cnn(-c4ccccc4)c(=O)c3c2C)c1. The molecule has 0 aliphatic rings. The Morgan fingerprint density at radius 1 is 0.840 bits per heavy atom. The topological polar surface area (TPSA) is 39.8 Å². The molecule has 0 spiro atoms. The van der Waals surface area contributed by atoms with E-state index < -0.39 is 0 Å². The molecule has 2 aromatic heterocycles. The molecule has 0 aliphatic heterocycles. The monoisotopic (exact) mass is 329 g/mol. The normalized spacial score (nSPS) is 11.2. The van der Waals surface area contributed by atoms with Gasteiger partial charge < -0.3 is 4.57 Å². The lowest BCUT2D eigenvalue weighted by molar-refractivity contribution is 0.821. The first kappa shape index (κ1) is 15.4. The van der Waals surface area contributed by atoms with Crippen LogP contribution in [0.15, 0.2) is 65.6 Å². The molecule has 0 fully saturated rings. The fourth-order valence-electron chi connectivity index (χ4n) is 3.47. The zero-order valence-electron chi connectivity index (χ0n) is 14.5. The van der Waals surface area contributed by atoms with Crippen LogP contribution in [0.25, 0.3) is 22.1 Å². The van der Waals surface area contributed by atoms with E-state index >= 15 is 0 Å². The minimum atomic E-state index is -0.0873. The second-order valence-corrected chi connectivity index (χ2v) is 6.33. The number of aryl methyl sites for hydroxylation is 3. The number of aromatic nitrogens is 3. The maximum atomic E-state index is 13.1. The highest BCUT2D eigenvalue weighted by molar-refractivity contribution is 5.88. The van der Waals surface area contributed by atoms with Gasteiger partial charge in [-0.1, -0.05) is 30.3 Å². The van der Waals surface area contributed by atoms with Crippen molar-refractivity contribution < 1.29 is 0 Å². The van der Waals surface area contributed by atoms with Gasteiger partial charge in [0, 0.05) is 22.5 Å². The summed E-state index contributed by atoms with van der Waals surface area (Å²) < 4.78 is 3.60. The van der Waals surface area contributed by atoms with Gasteiger partial charge in [-0.15, -0.1) is 0 Å². The summed E-state index contributed by atoms with van der Waals surface area (Å²) >= 11 is 0. The molecule has 0 saturated heterocycles.